The number of halogens is 4. The van der Waals surface area contributed by atoms with Gasteiger partial charge in [0.1, 0.15) is 6.07 Å². The van der Waals surface area contributed by atoms with Gasteiger partial charge in [0.2, 0.25) is 0 Å². The third kappa shape index (κ3) is 3.11. The van der Waals surface area contributed by atoms with Gasteiger partial charge < -0.3 is 4.74 Å². The Bertz CT molecular complexity index is 505. The van der Waals surface area contributed by atoms with E-state index in [1.807, 2.05) is 0 Å². The second-order valence-electron chi connectivity index (χ2n) is 3.02. The molecule has 0 radical (unpaired) electrons. The molecule has 0 aliphatic carbocycles. The van der Waals surface area contributed by atoms with E-state index in [4.69, 9.17) is 16.9 Å². The molecule has 0 heterocycles. The maximum Gasteiger partial charge on any atom is 0.573 e. The third-order valence-electron chi connectivity index (χ3n) is 1.81. The van der Waals surface area contributed by atoms with Crippen molar-refractivity contribution in [2.75, 3.05) is 0 Å². The molecule has 0 aromatic heterocycles. The van der Waals surface area contributed by atoms with Crippen LogP contribution in [0, 0.1) is 11.3 Å². The Morgan fingerprint density at radius 1 is 1.47 bits per heavy atom. The number of ketones is 1. The van der Waals surface area contributed by atoms with Crippen LogP contribution in [0.2, 0.25) is 5.02 Å². The van der Waals surface area contributed by atoms with E-state index in [9.17, 15) is 18.0 Å². The van der Waals surface area contributed by atoms with Crippen molar-refractivity contribution in [3.63, 3.8) is 0 Å². The Labute approximate surface area is 99.4 Å². The van der Waals surface area contributed by atoms with Crippen molar-refractivity contribution in [3.8, 4) is 11.8 Å². The zero-order valence-electron chi connectivity index (χ0n) is 8.43. The minimum absolute atomic E-state index is 0.134. The summed E-state index contributed by atoms with van der Waals surface area (Å²) in [4.78, 5) is 11.1. The molecule has 0 aliphatic heterocycles. The van der Waals surface area contributed by atoms with Gasteiger partial charge >= 0.3 is 6.36 Å². The molecule has 0 fully saturated rings. The molecule has 0 spiro atoms. The van der Waals surface area contributed by atoms with Gasteiger partial charge in [0.05, 0.1) is 10.6 Å². The fourth-order valence-corrected chi connectivity index (χ4v) is 1.47. The summed E-state index contributed by atoms with van der Waals surface area (Å²) in [6, 6.07) is 3.72. The van der Waals surface area contributed by atoms with Crippen LogP contribution in [0.4, 0.5) is 13.2 Å². The van der Waals surface area contributed by atoms with Gasteiger partial charge in [0, 0.05) is 5.56 Å². The first-order valence-corrected chi connectivity index (χ1v) is 4.63. The lowest BCUT2D eigenvalue weighted by Crippen LogP contribution is -2.18. The van der Waals surface area contributed by atoms with E-state index < -0.39 is 28.5 Å². The smallest absolute Gasteiger partial charge is 0.403 e. The van der Waals surface area contributed by atoms with E-state index in [-0.39, 0.29) is 5.56 Å². The first-order valence-electron chi connectivity index (χ1n) is 4.25. The summed E-state index contributed by atoms with van der Waals surface area (Å²) in [5, 5.41) is 8.11. The van der Waals surface area contributed by atoms with Crippen molar-refractivity contribution in [3.05, 3.63) is 28.3 Å². The molecule has 0 aliphatic rings. The second-order valence-corrected chi connectivity index (χ2v) is 3.40. The highest BCUT2D eigenvalue weighted by Crippen LogP contribution is 2.35. The van der Waals surface area contributed by atoms with E-state index in [1.165, 1.54) is 12.1 Å². The highest BCUT2D eigenvalue weighted by molar-refractivity contribution is 6.35. The fourth-order valence-electron chi connectivity index (χ4n) is 1.13. The number of hydrogen-bond acceptors (Lipinski definition) is 3. The molecule has 90 valence electrons. The van der Waals surface area contributed by atoms with E-state index in [1.54, 1.807) is 0 Å². The SMILES string of the molecule is CC(=O)c1ccc(C#N)c(OC(F)(F)F)c1Cl. The Hall–Kier alpha value is -1.74. The van der Waals surface area contributed by atoms with Crippen molar-refractivity contribution in [2.24, 2.45) is 0 Å². The molecule has 0 saturated heterocycles. The average molecular weight is 264 g/mol. The highest BCUT2D eigenvalue weighted by atomic mass is 35.5. The molecule has 0 bridgehead atoms. The predicted octanol–water partition coefficient (Wildman–Crippen LogP) is 3.31. The second kappa shape index (κ2) is 4.63. The molecular formula is C10H5ClF3NO2. The van der Waals surface area contributed by atoms with E-state index in [0.717, 1.165) is 13.0 Å². The number of carbonyl (C=O) groups is 1. The largest absolute Gasteiger partial charge is 0.573 e. The third-order valence-corrected chi connectivity index (χ3v) is 2.19. The standard InChI is InChI=1S/C10H5ClF3NO2/c1-5(16)7-3-2-6(4-15)9(8(7)11)17-10(12,13)14/h2-3H,1H3. The Morgan fingerprint density at radius 2 is 2.06 bits per heavy atom. The molecular weight excluding hydrogens is 259 g/mol. The van der Waals surface area contributed by atoms with Crippen molar-refractivity contribution in [1.82, 2.24) is 0 Å². The molecule has 1 rings (SSSR count). The zero-order valence-corrected chi connectivity index (χ0v) is 9.19. The van der Waals surface area contributed by atoms with Crippen LogP contribution >= 0.6 is 11.6 Å². The number of hydrogen-bond donors (Lipinski definition) is 0. The van der Waals surface area contributed by atoms with Gasteiger partial charge in [-0.25, -0.2) is 0 Å². The zero-order chi connectivity index (χ0) is 13.2. The van der Waals surface area contributed by atoms with E-state index in [0.29, 0.717) is 0 Å². The van der Waals surface area contributed by atoms with Gasteiger partial charge in [0.15, 0.2) is 11.5 Å². The number of carbonyl (C=O) groups excluding carboxylic acids is 1. The predicted molar refractivity (Wildman–Crippen MR) is 52.9 cm³/mol. The average Bonchev–Trinajstić information content (AvgIpc) is 2.18. The molecule has 1 aromatic rings. The normalized spacial score (nSPS) is 10.8. The summed E-state index contributed by atoms with van der Waals surface area (Å²) in [7, 11) is 0. The van der Waals surface area contributed by atoms with Gasteiger partial charge in [-0.1, -0.05) is 11.6 Å². The van der Waals surface area contributed by atoms with Crippen molar-refractivity contribution in [2.45, 2.75) is 13.3 Å². The van der Waals surface area contributed by atoms with Crippen molar-refractivity contribution < 1.29 is 22.7 Å². The van der Waals surface area contributed by atoms with Crippen LogP contribution in [-0.2, 0) is 0 Å². The number of rotatable bonds is 2. The summed E-state index contributed by atoms with van der Waals surface area (Å²) >= 11 is 5.60. The van der Waals surface area contributed by atoms with E-state index >= 15 is 0 Å². The first kappa shape index (κ1) is 13.3. The summed E-state index contributed by atoms with van der Waals surface area (Å²) in [6.07, 6.45) is -4.98. The fraction of sp³-hybridized carbons (Fsp3) is 0.200. The van der Waals surface area contributed by atoms with Crippen molar-refractivity contribution in [1.29, 1.82) is 5.26 Å². The van der Waals surface area contributed by atoms with Gasteiger partial charge in [-0.05, 0) is 19.1 Å². The highest BCUT2D eigenvalue weighted by Gasteiger charge is 2.34. The summed E-state index contributed by atoms with van der Waals surface area (Å²) < 4.78 is 39.9. The maximum absolute atomic E-state index is 12.1. The molecule has 0 atom stereocenters. The lowest BCUT2D eigenvalue weighted by Gasteiger charge is -2.13. The van der Waals surface area contributed by atoms with Gasteiger partial charge in [-0.3, -0.25) is 4.79 Å². The number of nitrogens with zero attached hydrogens (tertiary/aromatic N) is 1. The maximum atomic E-state index is 12.1. The summed E-state index contributed by atoms with van der Waals surface area (Å²) in [5.41, 5.74) is -0.526. The number of benzene rings is 1. The van der Waals surface area contributed by atoms with Gasteiger partial charge in [-0.2, -0.15) is 5.26 Å². The number of nitriles is 1. The Balaban J connectivity index is 3.39. The minimum Gasteiger partial charge on any atom is -0.403 e. The number of Topliss-reactive ketones (excluding diaryl/α,β-unsaturated/α-hetero) is 1. The Morgan fingerprint density at radius 3 is 2.47 bits per heavy atom. The molecule has 3 nitrogen and oxygen atoms in total. The molecule has 7 heteroatoms. The molecule has 0 N–H and O–H groups in total. The molecule has 0 amide bonds. The Kier molecular flexibility index (Phi) is 3.63. The van der Waals surface area contributed by atoms with E-state index in [2.05, 4.69) is 4.74 Å². The minimum atomic E-state index is -4.98. The first-order chi connectivity index (χ1) is 7.76. The molecule has 17 heavy (non-hydrogen) atoms. The van der Waals surface area contributed by atoms with Gasteiger partial charge in [0.25, 0.3) is 0 Å². The molecule has 0 unspecified atom stereocenters. The van der Waals surface area contributed by atoms with Crippen LogP contribution in [0.25, 0.3) is 0 Å². The van der Waals surface area contributed by atoms with Crippen LogP contribution in [0.15, 0.2) is 12.1 Å². The van der Waals surface area contributed by atoms with Crippen molar-refractivity contribution >= 4 is 17.4 Å². The number of ether oxygens (including phenoxy) is 1. The number of alkyl halides is 3. The van der Waals surface area contributed by atoms with Crippen LogP contribution in [0.3, 0.4) is 0 Å². The van der Waals surface area contributed by atoms with Crippen LogP contribution in [0.5, 0.6) is 5.75 Å². The molecule has 0 saturated carbocycles. The molecule has 1 aromatic carbocycles. The van der Waals surface area contributed by atoms with Gasteiger partial charge in [-0.15, -0.1) is 13.2 Å². The summed E-state index contributed by atoms with van der Waals surface area (Å²) in [5.74, 6) is -1.37. The van der Waals surface area contributed by atoms with Crippen LogP contribution in [-0.4, -0.2) is 12.1 Å². The van der Waals surface area contributed by atoms with Crippen LogP contribution < -0.4 is 4.74 Å². The lowest BCUT2D eigenvalue weighted by atomic mass is 10.1. The monoisotopic (exact) mass is 263 g/mol. The lowest BCUT2D eigenvalue weighted by molar-refractivity contribution is -0.274. The quantitative estimate of drug-likeness (QED) is 0.769. The topological polar surface area (TPSA) is 50.1 Å². The summed E-state index contributed by atoms with van der Waals surface area (Å²) in [6.45, 7) is 1.14. The van der Waals surface area contributed by atoms with Crippen LogP contribution in [0.1, 0.15) is 22.8 Å².